The topological polar surface area (TPSA) is 95.6 Å². The van der Waals surface area contributed by atoms with E-state index >= 15 is 0 Å². The molecule has 0 spiro atoms. The molecule has 132 valence electrons. The van der Waals surface area contributed by atoms with E-state index in [2.05, 4.69) is 30.6 Å². The molecule has 0 fully saturated rings. The van der Waals surface area contributed by atoms with E-state index in [4.69, 9.17) is 0 Å². The first kappa shape index (κ1) is 16.3. The van der Waals surface area contributed by atoms with Gasteiger partial charge in [0.05, 0.1) is 23.1 Å². The van der Waals surface area contributed by atoms with Crippen LogP contribution >= 0.6 is 0 Å². The molecule has 1 amide bonds. The fraction of sp³-hybridized carbons (Fsp3) is 0.263. The average Bonchev–Trinajstić information content (AvgIpc) is 2.99. The summed E-state index contributed by atoms with van der Waals surface area (Å²) in [6, 6.07) is 3.68. The number of anilines is 2. The molecule has 1 aliphatic carbocycles. The van der Waals surface area contributed by atoms with Gasteiger partial charge in [-0.3, -0.25) is 4.79 Å². The molecule has 0 aliphatic heterocycles. The van der Waals surface area contributed by atoms with E-state index in [9.17, 15) is 4.79 Å². The number of hydrogen-bond donors (Lipinski definition) is 3. The maximum absolute atomic E-state index is 12.9. The molecule has 4 rings (SSSR count). The third-order valence-electron chi connectivity index (χ3n) is 4.48. The van der Waals surface area contributed by atoms with Crippen LogP contribution in [0.3, 0.4) is 0 Å². The van der Waals surface area contributed by atoms with Gasteiger partial charge in [-0.1, -0.05) is 0 Å². The van der Waals surface area contributed by atoms with E-state index in [0.29, 0.717) is 11.3 Å². The van der Waals surface area contributed by atoms with Crippen LogP contribution in [-0.4, -0.2) is 32.4 Å². The maximum atomic E-state index is 12.9. The van der Waals surface area contributed by atoms with Crippen LogP contribution in [0, 0.1) is 0 Å². The number of fused-ring (bicyclic) bond motifs is 3. The predicted octanol–water partition coefficient (Wildman–Crippen LogP) is 3.04. The highest BCUT2D eigenvalue weighted by molar-refractivity contribution is 6.09. The summed E-state index contributed by atoms with van der Waals surface area (Å²) < 4.78 is 0. The van der Waals surface area contributed by atoms with Crippen LogP contribution < -0.4 is 10.6 Å². The Kier molecular flexibility index (Phi) is 4.35. The Balaban J connectivity index is 1.64. The number of aromatic nitrogens is 4. The van der Waals surface area contributed by atoms with Gasteiger partial charge in [-0.2, -0.15) is 0 Å². The number of aromatic amines is 1. The van der Waals surface area contributed by atoms with Crippen molar-refractivity contribution in [3.63, 3.8) is 0 Å². The van der Waals surface area contributed by atoms with Crippen molar-refractivity contribution in [3.8, 4) is 11.3 Å². The summed E-state index contributed by atoms with van der Waals surface area (Å²) >= 11 is 0. The summed E-state index contributed by atoms with van der Waals surface area (Å²) in [6.07, 6.45) is 9.59. The van der Waals surface area contributed by atoms with Crippen molar-refractivity contribution in [1.82, 2.24) is 19.9 Å². The SMILES string of the molecule is CCNc1ccc(NC(=O)c2c[nH]c3c2-c2ncncc2CCC3)cn1. The minimum Gasteiger partial charge on any atom is -0.370 e. The third kappa shape index (κ3) is 3.03. The molecule has 0 unspecified atom stereocenters. The molecule has 3 aromatic heterocycles. The van der Waals surface area contributed by atoms with Crippen LogP contribution in [0.1, 0.15) is 35.0 Å². The van der Waals surface area contributed by atoms with E-state index < -0.39 is 0 Å². The molecule has 7 nitrogen and oxygen atoms in total. The zero-order valence-corrected chi connectivity index (χ0v) is 14.5. The van der Waals surface area contributed by atoms with Gasteiger partial charge in [-0.05, 0) is 43.9 Å². The fourth-order valence-electron chi connectivity index (χ4n) is 3.29. The molecule has 7 heteroatoms. The number of nitrogens with zero attached hydrogens (tertiary/aromatic N) is 3. The zero-order valence-electron chi connectivity index (χ0n) is 14.5. The third-order valence-corrected chi connectivity index (χ3v) is 4.48. The highest BCUT2D eigenvalue weighted by atomic mass is 16.1. The van der Waals surface area contributed by atoms with E-state index in [1.807, 2.05) is 25.3 Å². The van der Waals surface area contributed by atoms with Gasteiger partial charge in [-0.25, -0.2) is 15.0 Å². The monoisotopic (exact) mass is 348 g/mol. The highest BCUT2D eigenvalue weighted by Gasteiger charge is 2.24. The smallest absolute Gasteiger partial charge is 0.257 e. The van der Waals surface area contributed by atoms with Crippen molar-refractivity contribution in [2.45, 2.75) is 26.2 Å². The molecule has 0 aromatic carbocycles. The van der Waals surface area contributed by atoms with Crippen molar-refractivity contribution in [2.24, 2.45) is 0 Å². The van der Waals surface area contributed by atoms with Crippen molar-refractivity contribution in [1.29, 1.82) is 0 Å². The van der Waals surface area contributed by atoms with E-state index in [1.54, 1.807) is 12.4 Å². The number of carbonyl (C=O) groups excluding carboxylic acids is 1. The molecular formula is C19H20N6O. The predicted molar refractivity (Wildman–Crippen MR) is 100 cm³/mol. The first-order valence-electron chi connectivity index (χ1n) is 8.77. The second kappa shape index (κ2) is 6.95. The van der Waals surface area contributed by atoms with E-state index in [1.165, 1.54) is 6.33 Å². The number of amides is 1. The minimum atomic E-state index is -0.174. The Bertz CT molecular complexity index is 931. The number of pyridine rings is 1. The Morgan fingerprint density at radius 3 is 2.96 bits per heavy atom. The largest absolute Gasteiger partial charge is 0.370 e. The van der Waals surface area contributed by atoms with Crippen molar-refractivity contribution in [3.05, 3.63) is 53.9 Å². The van der Waals surface area contributed by atoms with Gasteiger partial charge in [0.2, 0.25) is 0 Å². The summed E-state index contributed by atoms with van der Waals surface area (Å²) in [5.74, 6) is 0.610. The van der Waals surface area contributed by atoms with Gasteiger partial charge in [0.1, 0.15) is 12.1 Å². The summed E-state index contributed by atoms with van der Waals surface area (Å²) in [4.78, 5) is 29.0. The van der Waals surface area contributed by atoms with Gasteiger partial charge in [0.25, 0.3) is 5.91 Å². The lowest BCUT2D eigenvalue weighted by Crippen LogP contribution is -2.13. The fourth-order valence-corrected chi connectivity index (χ4v) is 3.29. The number of hydrogen-bond acceptors (Lipinski definition) is 5. The molecule has 26 heavy (non-hydrogen) atoms. The van der Waals surface area contributed by atoms with Crippen LogP contribution in [0.2, 0.25) is 0 Å². The number of carbonyl (C=O) groups is 1. The molecule has 0 radical (unpaired) electrons. The van der Waals surface area contributed by atoms with Crippen molar-refractivity contribution >= 4 is 17.4 Å². The zero-order chi connectivity index (χ0) is 17.9. The van der Waals surface area contributed by atoms with Gasteiger partial charge < -0.3 is 15.6 Å². The summed E-state index contributed by atoms with van der Waals surface area (Å²) in [6.45, 7) is 2.81. The lowest BCUT2D eigenvalue weighted by molar-refractivity contribution is 0.102. The molecule has 0 saturated carbocycles. The van der Waals surface area contributed by atoms with Gasteiger partial charge >= 0.3 is 0 Å². The maximum Gasteiger partial charge on any atom is 0.257 e. The summed E-state index contributed by atoms with van der Waals surface area (Å²) in [5.41, 5.74) is 5.11. The van der Waals surface area contributed by atoms with Crippen molar-refractivity contribution in [2.75, 3.05) is 17.2 Å². The second-order valence-corrected chi connectivity index (χ2v) is 6.22. The summed E-state index contributed by atoms with van der Waals surface area (Å²) in [5, 5.41) is 6.05. The van der Waals surface area contributed by atoms with Gasteiger partial charge in [0.15, 0.2) is 0 Å². The molecule has 0 saturated heterocycles. The van der Waals surface area contributed by atoms with Gasteiger partial charge in [-0.15, -0.1) is 0 Å². The Morgan fingerprint density at radius 1 is 1.23 bits per heavy atom. The Labute approximate surface area is 151 Å². The quantitative estimate of drug-likeness (QED) is 0.673. The Hall–Kier alpha value is -3.22. The second-order valence-electron chi connectivity index (χ2n) is 6.22. The lowest BCUT2D eigenvalue weighted by Gasteiger charge is -2.09. The van der Waals surface area contributed by atoms with Crippen LogP contribution in [0.4, 0.5) is 11.5 Å². The number of nitrogens with one attached hydrogen (secondary N) is 3. The average molecular weight is 348 g/mol. The molecule has 3 heterocycles. The Morgan fingerprint density at radius 2 is 2.15 bits per heavy atom. The van der Waals surface area contributed by atoms with Crippen molar-refractivity contribution < 1.29 is 4.79 Å². The number of H-pyrrole nitrogens is 1. The summed E-state index contributed by atoms with van der Waals surface area (Å²) in [7, 11) is 0. The molecule has 0 atom stereocenters. The highest BCUT2D eigenvalue weighted by Crippen LogP contribution is 2.33. The standard InChI is InChI=1S/C19H20N6O/c1-2-21-16-7-6-13(9-23-16)25-19(26)14-10-22-15-5-3-4-12-8-20-11-24-18(12)17(14)15/h6-11,22H,2-5H2,1H3,(H,21,23)(H,25,26). The molecule has 1 aliphatic rings. The minimum absolute atomic E-state index is 0.174. The van der Waals surface area contributed by atoms with Gasteiger partial charge in [0, 0.05) is 30.2 Å². The molecule has 0 bridgehead atoms. The molecular weight excluding hydrogens is 328 g/mol. The lowest BCUT2D eigenvalue weighted by atomic mass is 10.0. The first-order chi connectivity index (χ1) is 12.8. The van der Waals surface area contributed by atoms with Crippen LogP contribution in [0.5, 0.6) is 0 Å². The van der Waals surface area contributed by atoms with E-state index in [-0.39, 0.29) is 5.91 Å². The molecule has 3 N–H and O–H groups in total. The normalized spacial score (nSPS) is 12.7. The first-order valence-corrected chi connectivity index (χ1v) is 8.77. The van der Waals surface area contributed by atoms with Crippen LogP contribution in [-0.2, 0) is 12.8 Å². The van der Waals surface area contributed by atoms with Crippen LogP contribution in [0.25, 0.3) is 11.3 Å². The van der Waals surface area contributed by atoms with E-state index in [0.717, 1.165) is 54.1 Å². The number of rotatable bonds is 4. The molecule has 3 aromatic rings. The number of aryl methyl sites for hydroxylation is 2. The van der Waals surface area contributed by atoms with Crippen LogP contribution in [0.15, 0.2) is 37.1 Å².